The van der Waals surface area contributed by atoms with Gasteiger partial charge in [-0.15, -0.1) is 0 Å². The molecule has 2 aromatic rings. The molecule has 0 unspecified atom stereocenters. The van der Waals surface area contributed by atoms with Crippen molar-refractivity contribution in [3.8, 4) is 0 Å². The molecule has 166 valence electrons. The molecule has 2 N–H and O–H groups in total. The van der Waals surface area contributed by atoms with Crippen molar-refractivity contribution >= 4 is 11.8 Å². The maximum atomic E-state index is 12.4. The molecule has 4 rings (SSSR count). The molecule has 0 spiro atoms. The third-order valence-electron chi connectivity index (χ3n) is 6.23. The average Bonchev–Trinajstić information content (AvgIpc) is 3.10. The monoisotopic (exact) mass is 422 g/mol. The highest BCUT2D eigenvalue weighted by Crippen LogP contribution is 2.18. The van der Waals surface area contributed by atoms with E-state index in [1.807, 2.05) is 30.6 Å². The van der Waals surface area contributed by atoms with Crippen LogP contribution >= 0.6 is 0 Å². The third kappa shape index (κ3) is 6.66. The van der Waals surface area contributed by atoms with E-state index in [2.05, 4.69) is 42.5 Å². The van der Waals surface area contributed by atoms with E-state index in [-0.39, 0.29) is 12.1 Å². The topological polar surface area (TPSA) is 73.4 Å². The molecular formula is C24H34N6O. The van der Waals surface area contributed by atoms with Crippen LogP contribution in [0.15, 0.2) is 42.7 Å². The van der Waals surface area contributed by atoms with E-state index >= 15 is 0 Å². The lowest BCUT2D eigenvalue weighted by molar-refractivity contribution is 0.185. The Hall–Kier alpha value is -2.67. The lowest BCUT2D eigenvalue weighted by atomic mass is 10.1. The normalized spacial score (nSPS) is 18.4. The number of carbonyl (C=O) groups excluding carboxylic acids is 1. The fourth-order valence-electron chi connectivity index (χ4n) is 4.42. The van der Waals surface area contributed by atoms with Gasteiger partial charge >= 0.3 is 6.03 Å². The Labute approximate surface area is 185 Å². The van der Waals surface area contributed by atoms with Crippen LogP contribution in [0.4, 0.5) is 10.6 Å². The number of likely N-dealkylation sites (tertiary alicyclic amines) is 1. The molecule has 7 heteroatoms. The summed E-state index contributed by atoms with van der Waals surface area (Å²) in [5, 5.41) is 6.16. The molecule has 0 aliphatic carbocycles. The Morgan fingerprint density at radius 2 is 1.77 bits per heavy atom. The van der Waals surface area contributed by atoms with Gasteiger partial charge in [-0.2, -0.15) is 0 Å². The van der Waals surface area contributed by atoms with Crippen LogP contribution in [0.25, 0.3) is 0 Å². The number of pyridine rings is 2. The van der Waals surface area contributed by atoms with Crippen LogP contribution in [0, 0.1) is 0 Å². The van der Waals surface area contributed by atoms with Crippen molar-refractivity contribution in [3.05, 3.63) is 54.0 Å². The summed E-state index contributed by atoms with van der Waals surface area (Å²) < 4.78 is 0. The molecule has 0 saturated carbocycles. The molecule has 2 saturated heterocycles. The Morgan fingerprint density at radius 3 is 2.52 bits per heavy atom. The van der Waals surface area contributed by atoms with E-state index in [9.17, 15) is 4.79 Å². The molecule has 2 fully saturated rings. The fourth-order valence-corrected chi connectivity index (χ4v) is 4.42. The number of nitrogens with one attached hydrogen (secondary N) is 2. The van der Waals surface area contributed by atoms with Gasteiger partial charge in [0.15, 0.2) is 0 Å². The van der Waals surface area contributed by atoms with Gasteiger partial charge < -0.3 is 15.5 Å². The van der Waals surface area contributed by atoms with Gasteiger partial charge in [-0.3, -0.25) is 9.88 Å². The first-order valence-corrected chi connectivity index (χ1v) is 11.6. The van der Waals surface area contributed by atoms with Crippen molar-refractivity contribution in [2.45, 2.75) is 57.7 Å². The largest absolute Gasteiger partial charge is 0.357 e. The predicted octanol–water partition coefficient (Wildman–Crippen LogP) is 3.32. The van der Waals surface area contributed by atoms with Crippen LogP contribution < -0.4 is 15.5 Å². The van der Waals surface area contributed by atoms with Gasteiger partial charge in [0.1, 0.15) is 5.82 Å². The smallest absolute Gasteiger partial charge is 0.315 e. The lowest BCUT2D eigenvalue weighted by Gasteiger charge is -2.32. The number of aromatic nitrogens is 2. The minimum atomic E-state index is -0.0867. The molecule has 0 atom stereocenters. The van der Waals surface area contributed by atoms with E-state index < -0.39 is 0 Å². The van der Waals surface area contributed by atoms with Gasteiger partial charge in [-0.25, -0.2) is 9.78 Å². The van der Waals surface area contributed by atoms with Crippen LogP contribution in [0.1, 0.15) is 49.8 Å². The van der Waals surface area contributed by atoms with Gasteiger partial charge in [0, 0.05) is 57.7 Å². The van der Waals surface area contributed by atoms with Crippen molar-refractivity contribution in [1.29, 1.82) is 0 Å². The molecule has 2 aromatic heterocycles. The zero-order valence-electron chi connectivity index (χ0n) is 18.3. The maximum Gasteiger partial charge on any atom is 0.315 e. The summed E-state index contributed by atoms with van der Waals surface area (Å²) in [6.45, 7) is 5.50. The molecule has 2 amide bonds. The number of urea groups is 1. The Balaban J connectivity index is 1.19. The van der Waals surface area contributed by atoms with Crippen molar-refractivity contribution in [3.63, 3.8) is 0 Å². The van der Waals surface area contributed by atoms with Gasteiger partial charge in [-0.1, -0.05) is 18.9 Å². The molecule has 0 radical (unpaired) electrons. The van der Waals surface area contributed by atoms with Crippen molar-refractivity contribution in [2.24, 2.45) is 0 Å². The van der Waals surface area contributed by atoms with E-state index in [0.717, 1.165) is 62.6 Å². The third-order valence-corrected chi connectivity index (χ3v) is 6.23. The summed E-state index contributed by atoms with van der Waals surface area (Å²) in [6, 6.07) is 10.3. The number of piperidine rings is 1. The molecule has 0 aromatic carbocycles. The Bertz CT molecular complexity index is 814. The number of nitrogens with zero attached hydrogens (tertiary/aromatic N) is 4. The summed E-state index contributed by atoms with van der Waals surface area (Å²) in [7, 11) is 0. The predicted molar refractivity (Wildman–Crippen MR) is 123 cm³/mol. The maximum absolute atomic E-state index is 12.4. The second-order valence-electron chi connectivity index (χ2n) is 8.62. The SMILES string of the molecule is O=C(NCc1ccnc(N2CCCCCC2)c1)NC1CCN(Cc2ccccn2)CC1. The highest BCUT2D eigenvalue weighted by Gasteiger charge is 2.21. The highest BCUT2D eigenvalue weighted by atomic mass is 16.2. The second kappa shape index (κ2) is 11.1. The van der Waals surface area contributed by atoms with E-state index in [1.54, 1.807) is 0 Å². The summed E-state index contributed by atoms with van der Waals surface area (Å²) in [6.07, 6.45) is 10.7. The van der Waals surface area contributed by atoms with Gasteiger partial charge in [0.2, 0.25) is 0 Å². The first-order chi connectivity index (χ1) is 15.3. The summed E-state index contributed by atoms with van der Waals surface area (Å²) in [5.74, 6) is 1.03. The molecule has 31 heavy (non-hydrogen) atoms. The zero-order valence-corrected chi connectivity index (χ0v) is 18.3. The van der Waals surface area contributed by atoms with Gasteiger partial charge in [-0.05, 0) is 55.5 Å². The second-order valence-corrected chi connectivity index (χ2v) is 8.62. The van der Waals surface area contributed by atoms with Crippen molar-refractivity contribution in [2.75, 3.05) is 31.1 Å². The fraction of sp³-hybridized carbons (Fsp3) is 0.542. The van der Waals surface area contributed by atoms with E-state index in [4.69, 9.17) is 0 Å². The zero-order chi connectivity index (χ0) is 21.3. The summed E-state index contributed by atoms with van der Waals surface area (Å²) in [5.41, 5.74) is 2.19. The molecule has 2 aliphatic heterocycles. The first kappa shape index (κ1) is 21.6. The molecule has 2 aliphatic rings. The summed E-state index contributed by atoms with van der Waals surface area (Å²) >= 11 is 0. The van der Waals surface area contributed by atoms with Crippen LogP contribution in [0.3, 0.4) is 0 Å². The van der Waals surface area contributed by atoms with Gasteiger partial charge in [0.05, 0.1) is 5.69 Å². The van der Waals surface area contributed by atoms with Crippen molar-refractivity contribution in [1.82, 2.24) is 25.5 Å². The summed E-state index contributed by atoms with van der Waals surface area (Å²) in [4.78, 5) is 26.1. The van der Waals surface area contributed by atoms with Crippen LogP contribution in [0.5, 0.6) is 0 Å². The molecule has 7 nitrogen and oxygen atoms in total. The minimum Gasteiger partial charge on any atom is -0.357 e. The molecule has 0 bridgehead atoms. The van der Waals surface area contributed by atoms with Crippen LogP contribution in [0.2, 0.25) is 0 Å². The minimum absolute atomic E-state index is 0.0867. The number of carbonyl (C=O) groups is 1. The lowest BCUT2D eigenvalue weighted by Crippen LogP contribution is -2.47. The van der Waals surface area contributed by atoms with E-state index in [0.29, 0.717) is 6.54 Å². The average molecular weight is 423 g/mol. The number of rotatable bonds is 6. The van der Waals surface area contributed by atoms with Crippen LogP contribution in [-0.4, -0.2) is 53.1 Å². The Kier molecular flexibility index (Phi) is 7.71. The quantitative estimate of drug-likeness (QED) is 0.747. The number of amides is 2. The van der Waals surface area contributed by atoms with Crippen molar-refractivity contribution < 1.29 is 4.79 Å². The molecular weight excluding hydrogens is 388 g/mol. The van der Waals surface area contributed by atoms with Gasteiger partial charge in [0.25, 0.3) is 0 Å². The number of anilines is 1. The highest BCUT2D eigenvalue weighted by molar-refractivity contribution is 5.74. The standard InChI is InChI=1S/C24H34N6O/c31-24(28-21-9-15-29(16-10-21)19-22-7-3-4-11-25-22)27-18-20-8-12-26-23(17-20)30-13-5-1-2-6-14-30/h3-4,7-8,11-12,17,21H,1-2,5-6,9-10,13-16,18-19H2,(H2,27,28,31). The molecule has 4 heterocycles. The number of hydrogen-bond donors (Lipinski definition) is 2. The Morgan fingerprint density at radius 1 is 0.968 bits per heavy atom. The van der Waals surface area contributed by atoms with E-state index in [1.165, 1.54) is 25.7 Å². The van der Waals surface area contributed by atoms with Crippen LogP contribution in [-0.2, 0) is 13.1 Å². The number of hydrogen-bond acceptors (Lipinski definition) is 5. The first-order valence-electron chi connectivity index (χ1n) is 11.6.